The highest BCUT2D eigenvalue weighted by atomic mass is 19.1. The number of carbonyl (C=O) groups is 1. The molecule has 1 aromatic carbocycles. The first kappa shape index (κ1) is 12.1. The average molecular weight is 225 g/mol. The quantitative estimate of drug-likeness (QED) is 0.740. The van der Waals surface area contributed by atoms with Gasteiger partial charge in [0.1, 0.15) is 11.6 Å². The van der Waals surface area contributed by atoms with Gasteiger partial charge in [0.2, 0.25) is 0 Å². The van der Waals surface area contributed by atoms with Crippen molar-refractivity contribution in [2.75, 3.05) is 6.61 Å². The monoisotopic (exact) mass is 225 g/mol. The van der Waals surface area contributed by atoms with Gasteiger partial charge in [-0.15, -0.1) is 0 Å². The second-order valence-corrected chi connectivity index (χ2v) is 2.95. The summed E-state index contributed by atoms with van der Waals surface area (Å²) in [4.78, 5) is 11.3. The zero-order chi connectivity index (χ0) is 12.1. The first-order valence-electron chi connectivity index (χ1n) is 4.62. The second-order valence-electron chi connectivity index (χ2n) is 2.95. The predicted molar refractivity (Wildman–Crippen MR) is 51.3 cm³/mol. The molecule has 0 aliphatic heterocycles. The van der Waals surface area contributed by atoms with Crippen LogP contribution in [0.3, 0.4) is 0 Å². The summed E-state index contributed by atoms with van der Waals surface area (Å²) >= 11 is 0. The minimum atomic E-state index is -1.57. The fourth-order valence-electron chi connectivity index (χ4n) is 1.25. The molecule has 16 heavy (non-hydrogen) atoms. The number of rotatable bonds is 3. The normalized spacial score (nSPS) is 11.6. The number of nitriles is 1. The highest BCUT2D eigenvalue weighted by Gasteiger charge is 2.27. The lowest BCUT2D eigenvalue weighted by atomic mass is 9.99. The average Bonchev–Trinajstić information content (AvgIpc) is 2.24. The minimum absolute atomic E-state index is 0.0487. The first-order valence-corrected chi connectivity index (χ1v) is 4.62. The van der Waals surface area contributed by atoms with Gasteiger partial charge in [-0.25, -0.2) is 8.78 Å². The summed E-state index contributed by atoms with van der Waals surface area (Å²) in [5.74, 6) is -4.38. The molecule has 3 nitrogen and oxygen atoms in total. The zero-order valence-corrected chi connectivity index (χ0v) is 8.54. The van der Waals surface area contributed by atoms with Gasteiger partial charge in [-0.3, -0.25) is 4.79 Å². The van der Waals surface area contributed by atoms with Crippen LogP contribution in [0.25, 0.3) is 0 Å². The van der Waals surface area contributed by atoms with E-state index >= 15 is 0 Å². The molecule has 0 heterocycles. The Kier molecular flexibility index (Phi) is 3.95. The van der Waals surface area contributed by atoms with E-state index in [4.69, 9.17) is 5.26 Å². The Morgan fingerprint density at radius 2 is 2.06 bits per heavy atom. The number of hydrogen-bond donors (Lipinski definition) is 0. The zero-order valence-electron chi connectivity index (χ0n) is 8.54. The Hall–Kier alpha value is -1.96. The number of benzene rings is 1. The Balaban J connectivity index is 3.15. The van der Waals surface area contributed by atoms with E-state index in [0.29, 0.717) is 0 Å². The summed E-state index contributed by atoms with van der Waals surface area (Å²) in [7, 11) is 0. The fourth-order valence-corrected chi connectivity index (χ4v) is 1.25. The van der Waals surface area contributed by atoms with Crippen molar-refractivity contribution in [3.8, 4) is 6.07 Å². The molecular formula is C11H9F2NO2. The third kappa shape index (κ3) is 2.34. The molecule has 1 atom stereocenters. The van der Waals surface area contributed by atoms with Crippen molar-refractivity contribution in [1.82, 2.24) is 0 Å². The van der Waals surface area contributed by atoms with Gasteiger partial charge in [0, 0.05) is 0 Å². The molecule has 0 radical (unpaired) electrons. The van der Waals surface area contributed by atoms with Crippen LogP contribution in [0.1, 0.15) is 18.4 Å². The Bertz CT molecular complexity index is 420. The smallest absolute Gasteiger partial charge is 0.328 e. The van der Waals surface area contributed by atoms with E-state index in [1.165, 1.54) is 6.07 Å². The van der Waals surface area contributed by atoms with Crippen molar-refractivity contribution >= 4 is 5.97 Å². The summed E-state index contributed by atoms with van der Waals surface area (Å²) in [6, 6.07) is 4.67. The standard InChI is InChI=1S/C11H9F2NO2/c1-2-16-11(15)7(6-14)10-8(12)4-3-5-9(10)13/h3-5,7H,2H2,1H3. The highest BCUT2D eigenvalue weighted by Crippen LogP contribution is 2.23. The van der Waals surface area contributed by atoms with Crippen molar-refractivity contribution in [3.05, 3.63) is 35.4 Å². The molecule has 5 heteroatoms. The van der Waals surface area contributed by atoms with E-state index in [9.17, 15) is 13.6 Å². The van der Waals surface area contributed by atoms with Crippen LogP contribution in [0.5, 0.6) is 0 Å². The maximum atomic E-state index is 13.3. The van der Waals surface area contributed by atoms with Crippen molar-refractivity contribution < 1.29 is 18.3 Å². The summed E-state index contributed by atoms with van der Waals surface area (Å²) in [5, 5.41) is 8.74. The van der Waals surface area contributed by atoms with E-state index in [1.54, 1.807) is 6.92 Å². The van der Waals surface area contributed by atoms with Crippen LogP contribution >= 0.6 is 0 Å². The van der Waals surface area contributed by atoms with Crippen molar-refractivity contribution in [2.24, 2.45) is 0 Å². The molecular weight excluding hydrogens is 216 g/mol. The first-order chi connectivity index (χ1) is 7.61. The summed E-state index contributed by atoms with van der Waals surface area (Å²) < 4.78 is 31.1. The summed E-state index contributed by atoms with van der Waals surface area (Å²) in [5.41, 5.74) is -0.566. The Morgan fingerprint density at radius 3 is 2.50 bits per heavy atom. The molecule has 0 N–H and O–H groups in total. The van der Waals surface area contributed by atoms with Crippen LogP contribution < -0.4 is 0 Å². The summed E-state index contributed by atoms with van der Waals surface area (Å²) in [6.07, 6.45) is 0. The molecule has 0 amide bonds. The number of halogens is 2. The van der Waals surface area contributed by atoms with E-state index in [-0.39, 0.29) is 6.61 Å². The number of nitrogens with zero attached hydrogens (tertiary/aromatic N) is 1. The van der Waals surface area contributed by atoms with Crippen molar-refractivity contribution in [2.45, 2.75) is 12.8 Å². The number of carbonyl (C=O) groups excluding carboxylic acids is 1. The maximum Gasteiger partial charge on any atom is 0.328 e. The molecule has 0 fully saturated rings. The van der Waals surface area contributed by atoms with E-state index < -0.39 is 29.1 Å². The lowest BCUT2D eigenvalue weighted by molar-refractivity contribution is -0.143. The number of esters is 1. The largest absolute Gasteiger partial charge is 0.465 e. The van der Waals surface area contributed by atoms with Gasteiger partial charge in [-0.05, 0) is 19.1 Å². The molecule has 0 saturated carbocycles. The lowest BCUT2D eigenvalue weighted by Crippen LogP contribution is -2.17. The van der Waals surface area contributed by atoms with Gasteiger partial charge in [-0.1, -0.05) is 6.07 Å². The molecule has 0 saturated heterocycles. The van der Waals surface area contributed by atoms with Crippen LogP contribution in [0.4, 0.5) is 8.78 Å². The Morgan fingerprint density at radius 1 is 1.50 bits per heavy atom. The number of ether oxygens (including phenoxy) is 1. The van der Waals surface area contributed by atoms with Gasteiger partial charge < -0.3 is 4.74 Å². The molecule has 0 spiro atoms. The van der Waals surface area contributed by atoms with Gasteiger partial charge in [0.25, 0.3) is 0 Å². The van der Waals surface area contributed by atoms with Gasteiger partial charge in [0.05, 0.1) is 18.2 Å². The van der Waals surface area contributed by atoms with Crippen molar-refractivity contribution in [1.29, 1.82) is 5.26 Å². The molecule has 0 bridgehead atoms. The minimum Gasteiger partial charge on any atom is -0.465 e. The van der Waals surface area contributed by atoms with Gasteiger partial charge >= 0.3 is 5.97 Å². The third-order valence-corrected chi connectivity index (χ3v) is 1.94. The highest BCUT2D eigenvalue weighted by molar-refractivity contribution is 5.81. The number of hydrogen-bond acceptors (Lipinski definition) is 3. The Labute approximate surface area is 91.3 Å². The molecule has 0 aliphatic carbocycles. The molecule has 0 aromatic heterocycles. The second kappa shape index (κ2) is 5.21. The topological polar surface area (TPSA) is 50.1 Å². The molecule has 1 rings (SSSR count). The molecule has 1 aromatic rings. The van der Waals surface area contributed by atoms with Crippen LogP contribution in [0.15, 0.2) is 18.2 Å². The fraction of sp³-hybridized carbons (Fsp3) is 0.273. The van der Waals surface area contributed by atoms with Gasteiger partial charge in [-0.2, -0.15) is 5.26 Å². The molecule has 84 valence electrons. The predicted octanol–water partition coefficient (Wildman–Crippen LogP) is 2.14. The SMILES string of the molecule is CCOC(=O)C(C#N)c1c(F)cccc1F. The van der Waals surface area contributed by atoms with Crippen LogP contribution in [-0.2, 0) is 9.53 Å². The van der Waals surface area contributed by atoms with Crippen LogP contribution in [0, 0.1) is 23.0 Å². The lowest BCUT2D eigenvalue weighted by Gasteiger charge is -2.10. The third-order valence-electron chi connectivity index (χ3n) is 1.94. The van der Waals surface area contributed by atoms with E-state index in [2.05, 4.69) is 4.74 Å². The van der Waals surface area contributed by atoms with Crippen molar-refractivity contribution in [3.63, 3.8) is 0 Å². The summed E-state index contributed by atoms with van der Waals surface area (Å²) in [6.45, 7) is 1.59. The van der Waals surface area contributed by atoms with E-state index in [0.717, 1.165) is 18.2 Å². The van der Waals surface area contributed by atoms with Crippen LogP contribution in [0.2, 0.25) is 0 Å². The maximum absolute atomic E-state index is 13.3. The molecule has 1 unspecified atom stereocenters. The van der Waals surface area contributed by atoms with Gasteiger partial charge in [0.15, 0.2) is 5.92 Å². The van der Waals surface area contributed by atoms with Crippen LogP contribution in [-0.4, -0.2) is 12.6 Å². The molecule has 0 aliphatic rings. The van der Waals surface area contributed by atoms with E-state index in [1.807, 2.05) is 0 Å².